The second-order valence-electron chi connectivity index (χ2n) is 16.4. The zero-order valence-electron chi connectivity index (χ0n) is 37.7. The van der Waals surface area contributed by atoms with Crippen LogP contribution in [0.3, 0.4) is 0 Å². The van der Waals surface area contributed by atoms with Crippen molar-refractivity contribution in [2.45, 2.75) is 258 Å². The summed E-state index contributed by atoms with van der Waals surface area (Å²) < 4.78 is 17.3. The predicted octanol–water partition coefficient (Wildman–Crippen LogP) is 16.2. The van der Waals surface area contributed by atoms with Crippen molar-refractivity contribution >= 4 is 11.9 Å². The van der Waals surface area contributed by atoms with Crippen molar-refractivity contribution in [3.8, 4) is 0 Å². The van der Waals surface area contributed by atoms with Crippen LogP contribution in [-0.2, 0) is 23.8 Å². The van der Waals surface area contributed by atoms with Crippen LogP contribution in [0.25, 0.3) is 0 Å². The van der Waals surface area contributed by atoms with Gasteiger partial charge in [-0.1, -0.05) is 198 Å². The lowest BCUT2D eigenvalue weighted by Gasteiger charge is -2.18. The van der Waals surface area contributed by atoms with Gasteiger partial charge in [0.15, 0.2) is 6.10 Å². The van der Waals surface area contributed by atoms with E-state index in [0.29, 0.717) is 19.4 Å². The van der Waals surface area contributed by atoms with Crippen LogP contribution < -0.4 is 0 Å². The van der Waals surface area contributed by atoms with Gasteiger partial charge in [0.05, 0.1) is 6.61 Å². The quantitative estimate of drug-likeness (QED) is 0.0349. The van der Waals surface area contributed by atoms with Crippen LogP contribution in [0.2, 0.25) is 0 Å². The van der Waals surface area contributed by atoms with E-state index < -0.39 is 6.10 Å². The summed E-state index contributed by atoms with van der Waals surface area (Å²) in [5.41, 5.74) is 0. The van der Waals surface area contributed by atoms with Crippen LogP contribution in [0.15, 0.2) is 36.5 Å². The topological polar surface area (TPSA) is 61.8 Å². The molecule has 0 fully saturated rings. The Morgan fingerprint density at radius 2 is 0.750 bits per heavy atom. The summed E-state index contributed by atoms with van der Waals surface area (Å²) >= 11 is 0. The number of allylic oxidation sites excluding steroid dienone is 6. The Bertz CT molecular complexity index is 893. The summed E-state index contributed by atoms with van der Waals surface area (Å²) in [5.74, 6) is -0.402. The molecule has 0 saturated carbocycles. The highest BCUT2D eigenvalue weighted by Gasteiger charge is 2.17. The second kappa shape index (κ2) is 47.5. The van der Waals surface area contributed by atoms with Crippen LogP contribution in [-0.4, -0.2) is 37.9 Å². The summed E-state index contributed by atoms with van der Waals surface area (Å²) in [7, 11) is 0. The fourth-order valence-electron chi connectivity index (χ4n) is 6.95. The molecule has 0 aliphatic heterocycles. The summed E-state index contributed by atoms with van der Waals surface area (Å²) in [6.07, 6.45) is 55.7. The number of esters is 2. The number of ether oxygens (including phenoxy) is 3. The Morgan fingerprint density at radius 3 is 1.25 bits per heavy atom. The minimum absolute atomic E-state index is 0.0826. The number of hydrogen-bond acceptors (Lipinski definition) is 5. The van der Waals surface area contributed by atoms with Crippen molar-refractivity contribution in [1.29, 1.82) is 0 Å². The first-order chi connectivity index (χ1) is 27.6. The van der Waals surface area contributed by atoms with E-state index in [0.717, 1.165) is 51.4 Å². The van der Waals surface area contributed by atoms with Gasteiger partial charge in [-0.3, -0.25) is 9.59 Å². The lowest BCUT2D eigenvalue weighted by Crippen LogP contribution is -2.30. The van der Waals surface area contributed by atoms with E-state index in [1.807, 2.05) is 0 Å². The summed E-state index contributed by atoms with van der Waals surface area (Å²) in [5, 5.41) is 0. The second-order valence-corrected chi connectivity index (χ2v) is 16.4. The third-order valence-electron chi connectivity index (χ3n) is 10.6. The molecular formula is C51H94O5. The lowest BCUT2D eigenvalue weighted by molar-refractivity contribution is -0.163. The highest BCUT2D eigenvalue weighted by atomic mass is 16.6. The minimum Gasteiger partial charge on any atom is -0.462 e. The molecule has 0 aliphatic rings. The van der Waals surface area contributed by atoms with Crippen molar-refractivity contribution in [3.63, 3.8) is 0 Å². The molecule has 0 rings (SSSR count). The van der Waals surface area contributed by atoms with Gasteiger partial charge >= 0.3 is 11.9 Å². The maximum atomic E-state index is 12.7. The Balaban J connectivity index is 4.19. The van der Waals surface area contributed by atoms with Crippen LogP contribution >= 0.6 is 0 Å². The summed E-state index contributed by atoms with van der Waals surface area (Å²) in [6, 6.07) is 0. The molecule has 0 aliphatic carbocycles. The average molecular weight is 787 g/mol. The molecular weight excluding hydrogens is 693 g/mol. The smallest absolute Gasteiger partial charge is 0.306 e. The van der Waals surface area contributed by atoms with Crippen LogP contribution in [0.1, 0.15) is 252 Å². The van der Waals surface area contributed by atoms with Crippen molar-refractivity contribution < 1.29 is 23.8 Å². The molecule has 1 unspecified atom stereocenters. The molecule has 1 atom stereocenters. The summed E-state index contributed by atoms with van der Waals surface area (Å²) in [4.78, 5) is 25.2. The number of unbranched alkanes of at least 4 members (excludes halogenated alkanes) is 28. The molecule has 328 valence electrons. The van der Waals surface area contributed by atoms with Gasteiger partial charge < -0.3 is 14.2 Å². The van der Waals surface area contributed by atoms with Crippen LogP contribution in [0.5, 0.6) is 0 Å². The van der Waals surface area contributed by atoms with E-state index in [-0.39, 0.29) is 25.2 Å². The fourth-order valence-corrected chi connectivity index (χ4v) is 6.95. The molecule has 0 aromatic rings. The Labute approximate surface area is 349 Å². The van der Waals surface area contributed by atoms with Gasteiger partial charge in [0, 0.05) is 19.4 Å². The van der Waals surface area contributed by atoms with Crippen molar-refractivity contribution in [1.82, 2.24) is 0 Å². The van der Waals surface area contributed by atoms with Crippen molar-refractivity contribution in [2.75, 3.05) is 19.8 Å². The molecule has 0 aromatic carbocycles. The number of hydrogen-bond donors (Lipinski definition) is 0. The van der Waals surface area contributed by atoms with Gasteiger partial charge in [-0.05, 0) is 77.0 Å². The fraction of sp³-hybridized carbons (Fsp3) is 0.843. The molecule has 0 heterocycles. The SMILES string of the molecule is CCCCC/C=C\C/C=C\CCCCCCCCCC(=O)OCC(COCCCCCCCC/C=C\CCCCCC)OC(=O)CCCCCCCCCCC. The molecule has 56 heavy (non-hydrogen) atoms. The highest BCUT2D eigenvalue weighted by Crippen LogP contribution is 2.14. The van der Waals surface area contributed by atoms with Gasteiger partial charge in [0.1, 0.15) is 6.61 Å². The van der Waals surface area contributed by atoms with E-state index >= 15 is 0 Å². The highest BCUT2D eigenvalue weighted by molar-refractivity contribution is 5.70. The first kappa shape index (κ1) is 54.1. The number of carbonyl (C=O) groups excluding carboxylic acids is 2. The van der Waals surface area contributed by atoms with E-state index in [1.54, 1.807) is 0 Å². The molecule has 0 amide bonds. The standard InChI is InChI=1S/C51H94O5/c1-4-7-10-13-16-19-21-23-25-26-27-28-30-33-35-38-41-44-50(52)55-48-49(56-51(53)45-42-39-36-32-18-15-12-9-6-3)47-54-46-43-40-37-34-31-29-24-22-20-17-14-11-8-5-2/h16,19-20,22-23,25,49H,4-15,17-18,21,24,26-48H2,1-3H3/b19-16-,22-20-,25-23-. The maximum Gasteiger partial charge on any atom is 0.306 e. The third-order valence-corrected chi connectivity index (χ3v) is 10.6. The van der Waals surface area contributed by atoms with Crippen LogP contribution in [0.4, 0.5) is 0 Å². The molecule has 0 bridgehead atoms. The molecule has 0 radical (unpaired) electrons. The zero-order chi connectivity index (χ0) is 40.7. The molecule has 0 saturated heterocycles. The Hall–Kier alpha value is -1.88. The first-order valence-electron chi connectivity index (χ1n) is 24.5. The van der Waals surface area contributed by atoms with Gasteiger partial charge in [-0.25, -0.2) is 0 Å². The van der Waals surface area contributed by atoms with Gasteiger partial charge in [-0.15, -0.1) is 0 Å². The van der Waals surface area contributed by atoms with Gasteiger partial charge in [-0.2, -0.15) is 0 Å². The monoisotopic (exact) mass is 787 g/mol. The number of carbonyl (C=O) groups is 2. The molecule has 0 aromatic heterocycles. The summed E-state index contributed by atoms with van der Waals surface area (Å²) in [6.45, 7) is 7.78. The first-order valence-corrected chi connectivity index (χ1v) is 24.5. The van der Waals surface area contributed by atoms with E-state index in [9.17, 15) is 9.59 Å². The lowest BCUT2D eigenvalue weighted by atomic mass is 10.1. The maximum absolute atomic E-state index is 12.7. The normalized spacial score (nSPS) is 12.4. The molecule has 5 heteroatoms. The average Bonchev–Trinajstić information content (AvgIpc) is 3.20. The van der Waals surface area contributed by atoms with Crippen LogP contribution in [0, 0.1) is 0 Å². The molecule has 0 N–H and O–H groups in total. The third kappa shape index (κ3) is 44.8. The van der Waals surface area contributed by atoms with Gasteiger partial charge in [0.25, 0.3) is 0 Å². The van der Waals surface area contributed by atoms with Gasteiger partial charge in [0.2, 0.25) is 0 Å². The van der Waals surface area contributed by atoms with Crippen molar-refractivity contribution in [3.05, 3.63) is 36.5 Å². The van der Waals surface area contributed by atoms with E-state index in [1.165, 1.54) is 167 Å². The minimum atomic E-state index is -0.536. The molecule has 0 spiro atoms. The number of rotatable bonds is 45. The zero-order valence-corrected chi connectivity index (χ0v) is 37.7. The Kier molecular flexibility index (Phi) is 45.9. The molecule has 5 nitrogen and oxygen atoms in total. The van der Waals surface area contributed by atoms with E-state index in [2.05, 4.69) is 57.2 Å². The van der Waals surface area contributed by atoms with E-state index in [4.69, 9.17) is 14.2 Å². The van der Waals surface area contributed by atoms with Crippen molar-refractivity contribution in [2.24, 2.45) is 0 Å². The largest absolute Gasteiger partial charge is 0.462 e. The predicted molar refractivity (Wildman–Crippen MR) is 242 cm³/mol. The Morgan fingerprint density at radius 1 is 0.393 bits per heavy atom.